The maximum absolute atomic E-state index is 10.0. The summed E-state index contributed by atoms with van der Waals surface area (Å²) >= 11 is 0. The molecule has 3 heteroatoms. The molecule has 0 saturated carbocycles. The fraction of sp³-hybridized carbons (Fsp3) is 0.263. The molecule has 3 aromatic rings. The number of rotatable bonds is 2. The normalized spacial score (nSPS) is 25.1. The van der Waals surface area contributed by atoms with E-state index in [4.69, 9.17) is 4.74 Å². The van der Waals surface area contributed by atoms with Crippen LogP contribution in [-0.4, -0.2) is 29.0 Å². The molecule has 3 nitrogen and oxygen atoms in total. The van der Waals surface area contributed by atoms with Crippen molar-refractivity contribution in [3.8, 4) is 0 Å². The van der Waals surface area contributed by atoms with E-state index < -0.39 is 12.2 Å². The summed E-state index contributed by atoms with van der Waals surface area (Å²) < 4.78 is 5.87. The standard InChI is InChI=1S/C19H18O3/c20-11-19-17(21)10-18(22-19)16-9-12-5-1-2-6-13(12)14-7-3-4-8-15(14)16/h1-9,17-21H,10-11H2/t17?,18-,19-/m1/s1. The smallest absolute Gasteiger partial charge is 0.107 e. The van der Waals surface area contributed by atoms with Crippen LogP contribution in [0.25, 0.3) is 21.5 Å². The number of hydrogen-bond donors (Lipinski definition) is 2. The molecule has 3 atom stereocenters. The van der Waals surface area contributed by atoms with Gasteiger partial charge in [0.15, 0.2) is 0 Å². The Labute approximate surface area is 128 Å². The summed E-state index contributed by atoms with van der Waals surface area (Å²) in [5.41, 5.74) is 1.09. The molecule has 0 bridgehead atoms. The van der Waals surface area contributed by atoms with Crippen LogP contribution in [0.3, 0.4) is 0 Å². The van der Waals surface area contributed by atoms with Gasteiger partial charge in [-0.15, -0.1) is 0 Å². The number of aliphatic hydroxyl groups is 2. The van der Waals surface area contributed by atoms with Gasteiger partial charge < -0.3 is 14.9 Å². The molecule has 1 aliphatic rings. The molecule has 1 fully saturated rings. The molecule has 0 aromatic heterocycles. The van der Waals surface area contributed by atoms with E-state index >= 15 is 0 Å². The zero-order valence-electron chi connectivity index (χ0n) is 12.1. The van der Waals surface area contributed by atoms with E-state index in [0.717, 1.165) is 10.9 Å². The van der Waals surface area contributed by atoms with Crippen molar-refractivity contribution in [2.75, 3.05) is 6.61 Å². The lowest BCUT2D eigenvalue weighted by molar-refractivity contribution is -0.0221. The predicted molar refractivity (Wildman–Crippen MR) is 86.8 cm³/mol. The first-order valence-corrected chi connectivity index (χ1v) is 7.62. The molecule has 112 valence electrons. The van der Waals surface area contributed by atoms with Gasteiger partial charge >= 0.3 is 0 Å². The van der Waals surface area contributed by atoms with Crippen molar-refractivity contribution in [3.05, 3.63) is 60.2 Å². The van der Waals surface area contributed by atoms with E-state index in [1.807, 2.05) is 24.3 Å². The molecule has 0 radical (unpaired) electrons. The number of fused-ring (bicyclic) bond motifs is 3. The molecule has 0 amide bonds. The molecule has 3 aromatic carbocycles. The molecule has 0 aliphatic carbocycles. The van der Waals surface area contributed by atoms with E-state index in [9.17, 15) is 10.2 Å². The fourth-order valence-corrected chi connectivity index (χ4v) is 3.44. The molecule has 22 heavy (non-hydrogen) atoms. The second-order valence-electron chi connectivity index (χ2n) is 5.88. The molecule has 2 N–H and O–H groups in total. The van der Waals surface area contributed by atoms with Crippen molar-refractivity contribution in [2.45, 2.75) is 24.7 Å². The number of benzene rings is 3. The van der Waals surface area contributed by atoms with Crippen molar-refractivity contribution in [1.29, 1.82) is 0 Å². The minimum absolute atomic E-state index is 0.150. The third-order valence-corrected chi connectivity index (χ3v) is 4.55. The van der Waals surface area contributed by atoms with E-state index in [1.54, 1.807) is 0 Å². The summed E-state index contributed by atoms with van der Waals surface area (Å²) in [6, 6.07) is 18.7. The van der Waals surface area contributed by atoms with Gasteiger partial charge in [-0.3, -0.25) is 0 Å². The lowest BCUT2D eigenvalue weighted by atomic mass is 9.93. The Morgan fingerprint density at radius 2 is 1.64 bits per heavy atom. The average molecular weight is 294 g/mol. The Hall–Kier alpha value is -1.94. The van der Waals surface area contributed by atoms with Gasteiger partial charge in [0, 0.05) is 6.42 Å². The lowest BCUT2D eigenvalue weighted by Crippen LogP contribution is -2.24. The zero-order chi connectivity index (χ0) is 15.1. The Morgan fingerprint density at radius 3 is 2.36 bits per heavy atom. The number of aliphatic hydroxyl groups excluding tert-OH is 2. The fourth-order valence-electron chi connectivity index (χ4n) is 3.44. The Balaban J connectivity index is 1.93. The topological polar surface area (TPSA) is 49.7 Å². The van der Waals surface area contributed by atoms with Crippen LogP contribution in [0.15, 0.2) is 54.6 Å². The highest BCUT2D eigenvalue weighted by atomic mass is 16.5. The monoisotopic (exact) mass is 294 g/mol. The van der Waals surface area contributed by atoms with E-state index in [1.165, 1.54) is 16.2 Å². The SMILES string of the molecule is OC[C@H]1O[C@@H](c2cc3ccccc3c3ccccc23)CC1O. The Morgan fingerprint density at radius 1 is 0.955 bits per heavy atom. The predicted octanol–water partition coefficient (Wildman–Crippen LogP) is 3.18. The van der Waals surface area contributed by atoms with Gasteiger partial charge in [0.2, 0.25) is 0 Å². The second kappa shape index (κ2) is 5.36. The van der Waals surface area contributed by atoms with E-state index in [-0.39, 0.29) is 12.7 Å². The van der Waals surface area contributed by atoms with Gasteiger partial charge in [-0.25, -0.2) is 0 Å². The minimum Gasteiger partial charge on any atom is -0.394 e. The van der Waals surface area contributed by atoms with Gasteiger partial charge in [0.05, 0.1) is 18.8 Å². The van der Waals surface area contributed by atoms with Crippen LogP contribution >= 0.6 is 0 Å². The number of ether oxygens (including phenoxy) is 1. The summed E-state index contributed by atoms with van der Waals surface area (Å²) in [6.45, 7) is -0.150. The van der Waals surface area contributed by atoms with Crippen molar-refractivity contribution in [2.24, 2.45) is 0 Å². The third kappa shape index (κ3) is 2.10. The van der Waals surface area contributed by atoms with E-state index in [2.05, 4.69) is 30.3 Å². The lowest BCUT2D eigenvalue weighted by Gasteiger charge is -2.16. The van der Waals surface area contributed by atoms with Crippen molar-refractivity contribution >= 4 is 21.5 Å². The van der Waals surface area contributed by atoms with Gasteiger partial charge in [-0.05, 0) is 33.2 Å². The van der Waals surface area contributed by atoms with Crippen LogP contribution in [0.2, 0.25) is 0 Å². The number of hydrogen-bond acceptors (Lipinski definition) is 3. The summed E-state index contributed by atoms with van der Waals surface area (Å²) in [7, 11) is 0. The molecule has 4 rings (SSSR count). The summed E-state index contributed by atoms with van der Waals surface area (Å²) in [5.74, 6) is 0. The Kier molecular flexibility index (Phi) is 3.34. The highest BCUT2D eigenvalue weighted by Gasteiger charge is 2.35. The molecule has 1 saturated heterocycles. The van der Waals surface area contributed by atoms with Crippen LogP contribution in [0.5, 0.6) is 0 Å². The van der Waals surface area contributed by atoms with Crippen molar-refractivity contribution in [1.82, 2.24) is 0 Å². The summed E-state index contributed by atoms with van der Waals surface area (Å²) in [5, 5.41) is 24.1. The zero-order valence-corrected chi connectivity index (χ0v) is 12.1. The largest absolute Gasteiger partial charge is 0.394 e. The first kappa shape index (κ1) is 13.7. The average Bonchev–Trinajstić information content (AvgIpc) is 2.95. The van der Waals surface area contributed by atoms with Crippen molar-refractivity contribution < 1.29 is 14.9 Å². The maximum Gasteiger partial charge on any atom is 0.107 e. The van der Waals surface area contributed by atoms with Crippen LogP contribution in [0.1, 0.15) is 18.1 Å². The quantitative estimate of drug-likeness (QED) is 0.714. The van der Waals surface area contributed by atoms with Crippen LogP contribution < -0.4 is 0 Å². The molecule has 1 heterocycles. The Bertz CT molecular complexity index is 827. The van der Waals surface area contributed by atoms with Crippen molar-refractivity contribution in [3.63, 3.8) is 0 Å². The van der Waals surface area contributed by atoms with Gasteiger partial charge in [0.25, 0.3) is 0 Å². The molecule has 0 spiro atoms. The van der Waals surface area contributed by atoms with Gasteiger partial charge in [0.1, 0.15) is 6.10 Å². The molecule has 1 unspecified atom stereocenters. The summed E-state index contributed by atoms with van der Waals surface area (Å²) in [4.78, 5) is 0. The summed E-state index contributed by atoms with van der Waals surface area (Å²) in [6.07, 6.45) is -0.759. The van der Waals surface area contributed by atoms with Gasteiger partial charge in [-0.2, -0.15) is 0 Å². The van der Waals surface area contributed by atoms with E-state index in [0.29, 0.717) is 6.42 Å². The maximum atomic E-state index is 10.0. The first-order valence-electron chi connectivity index (χ1n) is 7.62. The third-order valence-electron chi connectivity index (χ3n) is 4.55. The molecule has 1 aliphatic heterocycles. The molecular weight excluding hydrogens is 276 g/mol. The van der Waals surface area contributed by atoms with Crippen LogP contribution in [0.4, 0.5) is 0 Å². The highest BCUT2D eigenvalue weighted by molar-refractivity contribution is 6.09. The highest BCUT2D eigenvalue weighted by Crippen LogP contribution is 2.39. The van der Waals surface area contributed by atoms with Crippen LogP contribution in [-0.2, 0) is 4.74 Å². The van der Waals surface area contributed by atoms with Crippen LogP contribution in [0, 0.1) is 0 Å². The van der Waals surface area contributed by atoms with Gasteiger partial charge in [-0.1, -0.05) is 48.5 Å². The minimum atomic E-state index is -0.611. The second-order valence-corrected chi connectivity index (χ2v) is 5.88. The first-order chi connectivity index (χ1) is 10.8. The molecular formula is C19H18O3.